The van der Waals surface area contributed by atoms with Crippen LogP contribution in [-0.2, 0) is 27.4 Å². The van der Waals surface area contributed by atoms with E-state index in [1.54, 1.807) is 17.9 Å². The highest BCUT2D eigenvalue weighted by Gasteiger charge is 2.13. The lowest BCUT2D eigenvalue weighted by Crippen LogP contribution is -2.09. The standard InChI is InChI=1S/C22H24O2S3/c1-24-21-13-11-18(12-14-21)15-25-26-22-10-6-5-9-20(22)17-27(23)16-19-7-3-2-4-8-19/h2-13,21H,14-17H2,1H3. The van der Waals surface area contributed by atoms with Crippen LogP contribution in [0.1, 0.15) is 17.5 Å². The monoisotopic (exact) mass is 416 g/mol. The molecule has 1 aliphatic carbocycles. The molecule has 2 aromatic rings. The van der Waals surface area contributed by atoms with Gasteiger partial charge in [-0.1, -0.05) is 88.3 Å². The molecule has 0 aliphatic heterocycles. The minimum atomic E-state index is -0.906. The second kappa shape index (κ2) is 11.0. The van der Waals surface area contributed by atoms with E-state index in [1.165, 1.54) is 10.5 Å². The molecule has 0 radical (unpaired) electrons. The lowest BCUT2D eigenvalue weighted by atomic mass is 10.1. The van der Waals surface area contributed by atoms with Crippen LogP contribution >= 0.6 is 21.6 Å². The zero-order valence-corrected chi connectivity index (χ0v) is 17.8. The van der Waals surface area contributed by atoms with E-state index >= 15 is 0 Å². The summed E-state index contributed by atoms with van der Waals surface area (Å²) in [7, 11) is 5.34. The molecule has 0 fully saturated rings. The molecule has 3 rings (SSSR count). The predicted molar refractivity (Wildman–Crippen MR) is 119 cm³/mol. The molecule has 0 bridgehead atoms. The summed E-state index contributed by atoms with van der Waals surface area (Å²) < 4.78 is 17.9. The van der Waals surface area contributed by atoms with E-state index in [-0.39, 0.29) is 6.10 Å². The minimum Gasteiger partial charge on any atom is -0.616 e. The van der Waals surface area contributed by atoms with Gasteiger partial charge >= 0.3 is 0 Å². The SMILES string of the molecule is COC1C=CC(CSSc2ccccc2C[S+]([O-])Cc2ccccc2)=CC1. The van der Waals surface area contributed by atoms with Gasteiger partial charge in [0, 0.05) is 28.9 Å². The predicted octanol–water partition coefficient (Wildman–Crippen LogP) is 5.78. The summed E-state index contributed by atoms with van der Waals surface area (Å²) in [6.45, 7) is 0. The molecule has 0 spiro atoms. The molecule has 2 atom stereocenters. The Morgan fingerprint density at radius 1 is 1.07 bits per heavy atom. The highest BCUT2D eigenvalue weighted by Crippen LogP contribution is 2.36. The van der Waals surface area contributed by atoms with Crippen LogP contribution in [0.4, 0.5) is 0 Å². The quantitative estimate of drug-likeness (QED) is 0.383. The number of hydrogen-bond acceptors (Lipinski definition) is 4. The maximum Gasteiger partial charge on any atom is 0.132 e. The van der Waals surface area contributed by atoms with E-state index in [9.17, 15) is 4.55 Å². The van der Waals surface area contributed by atoms with Crippen molar-refractivity contribution in [1.82, 2.24) is 0 Å². The minimum absolute atomic E-state index is 0.215. The molecule has 0 N–H and O–H groups in total. The van der Waals surface area contributed by atoms with Gasteiger partial charge in [-0.15, -0.1) is 0 Å². The van der Waals surface area contributed by atoms with Gasteiger partial charge in [-0.3, -0.25) is 0 Å². The molecule has 2 aromatic carbocycles. The Bertz CT molecular complexity index is 774. The van der Waals surface area contributed by atoms with E-state index in [4.69, 9.17) is 4.74 Å². The van der Waals surface area contributed by atoms with Crippen LogP contribution in [0.2, 0.25) is 0 Å². The van der Waals surface area contributed by atoms with E-state index < -0.39 is 11.2 Å². The first-order chi connectivity index (χ1) is 13.2. The normalized spacial score (nSPS) is 17.6. The van der Waals surface area contributed by atoms with Gasteiger partial charge in [0.15, 0.2) is 0 Å². The average Bonchev–Trinajstić information content (AvgIpc) is 2.70. The molecule has 0 aromatic heterocycles. The number of methoxy groups -OCH3 is 1. The summed E-state index contributed by atoms with van der Waals surface area (Å²) in [5, 5.41) is 0. The maximum absolute atomic E-state index is 12.6. The van der Waals surface area contributed by atoms with Gasteiger partial charge in [0.25, 0.3) is 0 Å². The second-order valence-electron chi connectivity index (χ2n) is 6.32. The van der Waals surface area contributed by atoms with Crippen molar-refractivity contribution in [3.05, 3.63) is 89.5 Å². The fraction of sp³-hybridized carbons (Fsp3) is 0.273. The Morgan fingerprint density at radius 2 is 1.85 bits per heavy atom. The zero-order valence-electron chi connectivity index (χ0n) is 15.4. The summed E-state index contributed by atoms with van der Waals surface area (Å²) in [4.78, 5) is 1.21. The van der Waals surface area contributed by atoms with E-state index in [2.05, 4.69) is 36.4 Å². The zero-order chi connectivity index (χ0) is 18.9. The first-order valence-electron chi connectivity index (χ1n) is 8.91. The van der Waals surface area contributed by atoms with Crippen molar-refractivity contribution >= 4 is 32.8 Å². The van der Waals surface area contributed by atoms with Crippen LogP contribution in [0.15, 0.2) is 83.3 Å². The first kappa shape index (κ1) is 20.6. The average molecular weight is 417 g/mol. The van der Waals surface area contributed by atoms with Crippen LogP contribution in [-0.4, -0.2) is 23.5 Å². The molecule has 2 nitrogen and oxygen atoms in total. The summed E-state index contributed by atoms with van der Waals surface area (Å²) in [6.07, 6.45) is 7.70. The number of allylic oxidation sites excluding steroid dienone is 1. The summed E-state index contributed by atoms with van der Waals surface area (Å²) in [6, 6.07) is 18.3. The van der Waals surface area contributed by atoms with Crippen LogP contribution in [0.5, 0.6) is 0 Å². The largest absolute Gasteiger partial charge is 0.616 e. The Morgan fingerprint density at radius 3 is 2.59 bits per heavy atom. The highest BCUT2D eigenvalue weighted by atomic mass is 33.1. The van der Waals surface area contributed by atoms with Crippen molar-refractivity contribution in [3.63, 3.8) is 0 Å². The molecule has 5 heteroatoms. The smallest absolute Gasteiger partial charge is 0.132 e. The first-order valence-corrected chi connectivity index (χ1v) is 12.7. The molecule has 2 unspecified atom stereocenters. The topological polar surface area (TPSA) is 32.3 Å². The molecule has 0 saturated heterocycles. The summed E-state index contributed by atoms with van der Waals surface area (Å²) in [5.41, 5.74) is 3.63. The Labute approximate surface area is 173 Å². The molecule has 142 valence electrons. The van der Waals surface area contributed by atoms with Crippen molar-refractivity contribution in [2.45, 2.75) is 28.9 Å². The maximum atomic E-state index is 12.6. The van der Waals surface area contributed by atoms with Crippen molar-refractivity contribution < 1.29 is 9.29 Å². The molecule has 0 heterocycles. The van der Waals surface area contributed by atoms with Gasteiger partial charge in [0.1, 0.15) is 11.5 Å². The van der Waals surface area contributed by atoms with Crippen LogP contribution in [0.25, 0.3) is 0 Å². The van der Waals surface area contributed by atoms with Gasteiger partial charge < -0.3 is 9.29 Å². The van der Waals surface area contributed by atoms with Crippen molar-refractivity contribution in [1.29, 1.82) is 0 Å². The number of hydrogen-bond donors (Lipinski definition) is 0. The van der Waals surface area contributed by atoms with Crippen molar-refractivity contribution in [2.24, 2.45) is 0 Å². The second-order valence-corrected chi connectivity index (χ2v) is 10.1. The third-order valence-corrected chi connectivity index (χ3v) is 7.95. The molecule has 1 aliphatic rings. The lowest BCUT2D eigenvalue weighted by Gasteiger charge is -2.15. The van der Waals surface area contributed by atoms with Gasteiger partial charge in [-0.2, -0.15) is 0 Å². The van der Waals surface area contributed by atoms with E-state index in [0.717, 1.165) is 23.3 Å². The molecular weight excluding hydrogens is 392 g/mol. The highest BCUT2D eigenvalue weighted by molar-refractivity contribution is 8.76. The van der Waals surface area contributed by atoms with Crippen molar-refractivity contribution in [2.75, 3.05) is 12.9 Å². The van der Waals surface area contributed by atoms with Gasteiger partial charge in [0.2, 0.25) is 0 Å². The van der Waals surface area contributed by atoms with Gasteiger partial charge in [-0.05, 0) is 29.2 Å². The molecule has 0 amide bonds. The van der Waals surface area contributed by atoms with E-state index in [1.807, 2.05) is 47.2 Å². The van der Waals surface area contributed by atoms with Crippen LogP contribution in [0, 0.1) is 0 Å². The van der Waals surface area contributed by atoms with Crippen LogP contribution < -0.4 is 0 Å². The number of rotatable bonds is 9. The van der Waals surface area contributed by atoms with Crippen LogP contribution in [0.3, 0.4) is 0 Å². The summed E-state index contributed by atoms with van der Waals surface area (Å²) in [5.74, 6) is 2.15. The fourth-order valence-electron chi connectivity index (χ4n) is 2.78. The van der Waals surface area contributed by atoms with E-state index in [0.29, 0.717) is 11.5 Å². The third kappa shape index (κ3) is 6.77. The number of ether oxygens (including phenoxy) is 1. The Hall–Kier alpha value is -1.11. The summed E-state index contributed by atoms with van der Waals surface area (Å²) >= 11 is -0.906. The molecular formula is C22H24O2S3. The fourth-order valence-corrected chi connectivity index (χ4v) is 6.50. The molecule has 27 heavy (non-hydrogen) atoms. The van der Waals surface area contributed by atoms with Gasteiger partial charge in [0.05, 0.1) is 6.10 Å². The Kier molecular flexibility index (Phi) is 8.42. The number of benzene rings is 2. The third-order valence-electron chi connectivity index (χ3n) is 4.27. The van der Waals surface area contributed by atoms with Crippen molar-refractivity contribution in [3.8, 4) is 0 Å². The van der Waals surface area contributed by atoms with Gasteiger partial charge in [-0.25, -0.2) is 0 Å². The molecule has 0 saturated carbocycles. The lowest BCUT2D eigenvalue weighted by molar-refractivity contribution is 0.142. The Balaban J connectivity index is 1.51.